The molecule has 2 aromatic rings. The molecule has 4 nitrogen and oxygen atoms in total. The number of amides is 1. The molecule has 192 valence electrons. The number of nitrogens with one attached hydrogen (secondary N) is 2. The van der Waals surface area contributed by atoms with E-state index < -0.39 is 0 Å². The highest BCUT2D eigenvalue weighted by atomic mass is 35.5. The lowest BCUT2D eigenvalue weighted by Gasteiger charge is -2.31. The van der Waals surface area contributed by atoms with Crippen LogP contribution >= 0.6 is 34.5 Å². The first kappa shape index (κ1) is 30.9. The highest BCUT2D eigenvalue weighted by molar-refractivity contribution is 7.16. The molecule has 0 saturated carbocycles. The molecule has 1 amide bonds. The summed E-state index contributed by atoms with van der Waals surface area (Å²) in [5.74, 6) is 0.253. The van der Waals surface area contributed by atoms with Crippen molar-refractivity contribution in [2.75, 3.05) is 26.5 Å². The van der Waals surface area contributed by atoms with Gasteiger partial charge in [-0.2, -0.15) is 0 Å². The zero-order valence-corrected chi connectivity index (χ0v) is 24.5. The van der Waals surface area contributed by atoms with E-state index in [1.54, 1.807) is 11.3 Å². The van der Waals surface area contributed by atoms with Crippen LogP contribution in [0.5, 0.6) is 0 Å². The van der Waals surface area contributed by atoms with Gasteiger partial charge in [0.25, 0.3) is 0 Å². The molecule has 2 N–H and O–H groups in total. The Morgan fingerprint density at radius 1 is 1.18 bits per heavy atom. The molecule has 0 fully saturated rings. The number of anilines is 1. The number of thiophene rings is 1. The molecular weight excluding hydrogens is 485 g/mol. The van der Waals surface area contributed by atoms with Crippen molar-refractivity contribution in [1.29, 1.82) is 0 Å². The summed E-state index contributed by atoms with van der Waals surface area (Å²) in [5, 5.41) is 8.20. The van der Waals surface area contributed by atoms with Gasteiger partial charge in [0, 0.05) is 23.4 Å². The van der Waals surface area contributed by atoms with Crippen molar-refractivity contribution in [2.24, 2.45) is 5.92 Å². The smallest absolute Gasteiger partial charge is 0.228 e. The second kappa shape index (κ2) is 15.8. The Morgan fingerprint density at radius 3 is 2.35 bits per heavy atom. The summed E-state index contributed by atoms with van der Waals surface area (Å²) < 4.78 is 0. The van der Waals surface area contributed by atoms with E-state index in [1.807, 2.05) is 46.1 Å². The Kier molecular flexibility index (Phi) is 14.4. The Labute approximate surface area is 221 Å². The van der Waals surface area contributed by atoms with Crippen molar-refractivity contribution in [1.82, 2.24) is 10.2 Å². The summed E-state index contributed by atoms with van der Waals surface area (Å²) in [6.07, 6.45) is 4.98. The van der Waals surface area contributed by atoms with Crippen molar-refractivity contribution < 1.29 is 4.79 Å². The minimum atomic E-state index is 0.0959. The third-order valence-electron chi connectivity index (χ3n) is 6.14. The number of hydrogen-bond donors (Lipinski definition) is 2. The number of fused-ring (bicyclic) bond motifs is 1. The largest absolute Gasteiger partial charge is 0.323 e. The van der Waals surface area contributed by atoms with E-state index in [0.717, 1.165) is 43.6 Å². The lowest BCUT2D eigenvalue weighted by Crippen LogP contribution is -2.35. The minimum absolute atomic E-state index is 0.0959. The second-order valence-electron chi connectivity index (χ2n) is 8.52. The van der Waals surface area contributed by atoms with E-state index in [4.69, 9.17) is 23.2 Å². The van der Waals surface area contributed by atoms with Crippen LogP contribution < -0.4 is 10.6 Å². The Hall–Kier alpha value is -1.11. The standard InChI is InChI=1S/C23H30Cl2N2OS.C2H7N.C2H6/c1-5-16(6-2)22(28)26-23-14(3)18-9-8-17(12-21(18)29-23)27(4)13-15-7-10-19(24)20(25)11-15;1-3-2;1-2/h7,10-11,16-17H,5-6,8-9,12-13H2,1-4H3,(H,26,28);3H,1-2H3;1-2H3. The van der Waals surface area contributed by atoms with Crippen LogP contribution in [0.25, 0.3) is 0 Å². The zero-order chi connectivity index (χ0) is 25.8. The topological polar surface area (TPSA) is 44.4 Å². The average Bonchev–Trinajstić information content (AvgIpc) is 3.13. The number of hydrogen-bond acceptors (Lipinski definition) is 4. The van der Waals surface area contributed by atoms with Gasteiger partial charge in [-0.15, -0.1) is 11.3 Å². The van der Waals surface area contributed by atoms with E-state index >= 15 is 0 Å². The first-order valence-electron chi connectivity index (χ1n) is 12.4. The number of likely N-dealkylation sites (N-methyl/N-ethyl adjacent to an activating group) is 1. The normalized spacial score (nSPS) is 14.6. The number of benzene rings is 1. The van der Waals surface area contributed by atoms with Gasteiger partial charge >= 0.3 is 0 Å². The van der Waals surface area contributed by atoms with E-state index in [9.17, 15) is 4.79 Å². The van der Waals surface area contributed by atoms with Crippen molar-refractivity contribution in [3.63, 3.8) is 0 Å². The number of rotatable bonds is 7. The molecule has 1 unspecified atom stereocenters. The SMILES string of the molecule is CC.CCC(CC)C(=O)Nc1sc2c(c1C)CCC(N(C)Cc1ccc(Cl)c(Cl)c1)C2.CNC. The van der Waals surface area contributed by atoms with Crippen molar-refractivity contribution >= 4 is 45.4 Å². The van der Waals surface area contributed by atoms with Gasteiger partial charge in [0.05, 0.1) is 15.0 Å². The maximum absolute atomic E-state index is 12.5. The molecular formula is C27H43Cl2N3OS. The third-order valence-corrected chi connectivity index (χ3v) is 8.15. The van der Waals surface area contributed by atoms with Crippen LogP contribution in [0.3, 0.4) is 0 Å². The number of nitrogens with zero attached hydrogens (tertiary/aromatic N) is 1. The second-order valence-corrected chi connectivity index (χ2v) is 10.4. The minimum Gasteiger partial charge on any atom is -0.323 e. The lowest BCUT2D eigenvalue weighted by atomic mass is 9.91. The van der Waals surface area contributed by atoms with E-state index in [0.29, 0.717) is 16.1 Å². The van der Waals surface area contributed by atoms with Crippen LogP contribution in [0.1, 0.15) is 68.5 Å². The number of carbonyl (C=O) groups excluding carboxylic acids is 1. The van der Waals surface area contributed by atoms with E-state index in [2.05, 4.69) is 43.4 Å². The van der Waals surface area contributed by atoms with Gasteiger partial charge in [-0.25, -0.2) is 0 Å². The lowest BCUT2D eigenvalue weighted by molar-refractivity contribution is -0.120. The molecule has 1 aliphatic rings. The van der Waals surface area contributed by atoms with Gasteiger partial charge in [0.15, 0.2) is 0 Å². The van der Waals surface area contributed by atoms with Crippen LogP contribution in [0.15, 0.2) is 18.2 Å². The van der Waals surface area contributed by atoms with Crippen molar-refractivity contribution in [2.45, 2.75) is 79.3 Å². The Morgan fingerprint density at radius 2 is 1.79 bits per heavy atom. The van der Waals surface area contributed by atoms with Gasteiger partial charge in [0.1, 0.15) is 0 Å². The summed E-state index contributed by atoms with van der Waals surface area (Å²) in [6.45, 7) is 11.2. The fourth-order valence-electron chi connectivity index (χ4n) is 4.15. The molecule has 1 atom stereocenters. The highest BCUT2D eigenvalue weighted by Crippen LogP contribution is 2.39. The highest BCUT2D eigenvalue weighted by Gasteiger charge is 2.27. The molecule has 7 heteroatoms. The molecule has 0 aliphatic heterocycles. The average molecular weight is 529 g/mol. The molecule has 1 aliphatic carbocycles. The van der Waals surface area contributed by atoms with Gasteiger partial charge in [0.2, 0.25) is 5.91 Å². The van der Waals surface area contributed by atoms with Crippen molar-refractivity contribution in [3.8, 4) is 0 Å². The molecule has 3 rings (SSSR count). The molecule has 0 bridgehead atoms. The fraction of sp³-hybridized carbons (Fsp3) is 0.593. The molecule has 1 aromatic heterocycles. The summed E-state index contributed by atoms with van der Waals surface area (Å²) in [5.41, 5.74) is 3.87. The fourth-order valence-corrected chi connectivity index (χ4v) is 5.80. The van der Waals surface area contributed by atoms with Crippen LogP contribution in [0.2, 0.25) is 10.0 Å². The Balaban J connectivity index is 0.00000107. The maximum atomic E-state index is 12.5. The number of halogens is 2. The first-order valence-corrected chi connectivity index (χ1v) is 14.0. The van der Waals surface area contributed by atoms with E-state index in [1.165, 1.54) is 21.6 Å². The number of carbonyl (C=O) groups is 1. The third kappa shape index (κ3) is 8.53. The summed E-state index contributed by atoms with van der Waals surface area (Å²) in [4.78, 5) is 16.4. The van der Waals surface area contributed by atoms with Crippen LogP contribution in [-0.4, -0.2) is 38.0 Å². The van der Waals surface area contributed by atoms with Crippen LogP contribution in [-0.2, 0) is 24.2 Å². The van der Waals surface area contributed by atoms with Crippen molar-refractivity contribution in [3.05, 3.63) is 49.8 Å². The quantitative estimate of drug-likeness (QED) is 0.389. The molecule has 34 heavy (non-hydrogen) atoms. The van der Waals surface area contributed by atoms with Gasteiger partial charge in [-0.05, 0) is 89.0 Å². The molecule has 0 saturated heterocycles. The van der Waals surface area contributed by atoms with Gasteiger partial charge in [-0.3, -0.25) is 9.69 Å². The molecule has 1 heterocycles. The molecule has 1 aromatic carbocycles. The Bertz CT molecular complexity index is 896. The summed E-state index contributed by atoms with van der Waals surface area (Å²) in [6, 6.07) is 6.34. The van der Waals surface area contributed by atoms with Crippen LogP contribution in [0.4, 0.5) is 5.00 Å². The van der Waals surface area contributed by atoms with Crippen LogP contribution in [0, 0.1) is 12.8 Å². The summed E-state index contributed by atoms with van der Waals surface area (Å²) >= 11 is 14.0. The zero-order valence-electron chi connectivity index (χ0n) is 22.1. The van der Waals surface area contributed by atoms with Gasteiger partial charge in [-0.1, -0.05) is 57.0 Å². The molecule has 0 radical (unpaired) electrons. The van der Waals surface area contributed by atoms with E-state index in [-0.39, 0.29) is 11.8 Å². The maximum Gasteiger partial charge on any atom is 0.228 e. The monoisotopic (exact) mass is 527 g/mol. The predicted molar refractivity (Wildman–Crippen MR) is 152 cm³/mol. The predicted octanol–water partition coefficient (Wildman–Crippen LogP) is 7.59. The van der Waals surface area contributed by atoms with Gasteiger partial charge < -0.3 is 10.6 Å². The first-order chi connectivity index (χ1) is 16.2. The summed E-state index contributed by atoms with van der Waals surface area (Å²) in [7, 11) is 5.93. The molecule has 0 spiro atoms.